The van der Waals surface area contributed by atoms with Gasteiger partial charge in [0.15, 0.2) is 0 Å². The summed E-state index contributed by atoms with van der Waals surface area (Å²) in [6.07, 6.45) is 9.98. The fourth-order valence-corrected chi connectivity index (χ4v) is 5.31. The van der Waals surface area contributed by atoms with Crippen LogP contribution in [0, 0.1) is 5.92 Å². The zero-order valence-corrected chi connectivity index (χ0v) is 15.9. The summed E-state index contributed by atoms with van der Waals surface area (Å²) < 4.78 is 1.79. The molecule has 0 aromatic carbocycles. The first kappa shape index (κ1) is 17.7. The van der Waals surface area contributed by atoms with Crippen molar-refractivity contribution in [2.45, 2.75) is 58.1 Å². The highest BCUT2D eigenvalue weighted by molar-refractivity contribution is 7.14. The number of carbonyl (C=O) groups is 1. The van der Waals surface area contributed by atoms with Gasteiger partial charge in [0, 0.05) is 24.5 Å². The smallest absolute Gasteiger partial charge is 0.263 e. The van der Waals surface area contributed by atoms with E-state index < -0.39 is 0 Å². The number of amides is 1. The van der Waals surface area contributed by atoms with Crippen molar-refractivity contribution < 1.29 is 9.90 Å². The molecular weight excluding hydrogens is 348 g/mol. The van der Waals surface area contributed by atoms with Gasteiger partial charge in [-0.1, -0.05) is 11.6 Å². The molecule has 1 unspecified atom stereocenters. The van der Waals surface area contributed by atoms with Crippen LogP contribution in [-0.4, -0.2) is 44.0 Å². The van der Waals surface area contributed by atoms with Gasteiger partial charge < -0.3 is 10.0 Å². The summed E-state index contributed by atoms with van der Waals surface area (Å²) in [6.45, 7) is 2.28. The number of thiophene rings is 1. The monoisotopic (exact) mass is 374 g/mol. The number of hydrogen-bond acceptors (Lipinski definition) is 5. The number of aliphatic hydroxyl groups excluding tert-OH is 1. The zero-order chi connectivity index (χ0) is 17.9. The number of piperidine rings is 1. The predicted octanol–water partition coefficient (Wildman–Crippen LogP) is 2.65. The third-order valence-electron chi connectivity index (χ3n) is 5.46. The SMILES string of the molecule is O=C(c1cc2c(s1)CCCCC2)N1CCCC(Cn2cc(CO)nn2)C1. The molecule has 1 fully saturated rings. The Balaban J connectivity index is 1.41. The molecule has 1 aliphatic heterocycles. The molecule has 0 bridgehead atoms. The average molecular weight is 375 g/mol. The first-order valence-corrected chi connectivity index (χ1v) is 10.5. The highest BCUT2D eigenvalue weighted by Gasteiger charge is 2.27. The van der Waals surface area contributed by atoms with Gasteiger partial charge in [0.1, 0.15) is 5.69 Å². The molecule has 7 heteroatoms. The Labute approximate surface area is 157 Å². The van der Waals surface area contributed by atoms with E-state index in [1.54, 1.807) is 22.2 Å². The molecule has 6 nitrogen and oxygen atoms in total. The molecule has 1 N–H and O–H groups in total. The van der Waals surface area contributed by atoms with Crippen LogP contribution in [0.3, 0.4) is 0 Å². The van der Waals surface area contributed by atoms with Crippen molar-refractivity contribution in [2.24, 2.45) is 5.92 Å². The van der Waals surface area contributed by atoms with Crippen LogP contribution in [0.2, 0.25) is 0 Å². The molecule has 2 aromatic heterocycles. The zero-order valence-electron chi connectivity index (χ0n) is 15.1. The molecule has 1 saturated heterocycles. The number of hydrogen-bond donors (Lipinski definition) is 1. The number of aryl methyl sites for hydroxylation is 2. The van der Waals surface area contributed by atoms with Crippen LogP contribution in [0.15, 0.2) is 12.3 Å². The van der Waals surface area contributed by atoms with E-state index in [0.717, 1.165) is 50.2 Å². The van der Waals surface area contributed by atoms with E-state index in [4.69, 9.17) is 5.11 Å². The summed E-state index contributed by atoms with van der Waals surface area (Å²) in [6, 6.07) is 2.15. The third-order valence-corrected chi connectivity index (χ3v) is 6.68. The van der Waals surface area contributed by atoms with Crippen molar-refractivity contribution >= 4 is 17.2 Å². The highest BCUT2D eigenvalue weighted by Crippen LogP contribution is 2.30. The molecule has 0 radical (unpaired) electrons. The van der Waals surface area contributed by atoms with E-state index >= 15 is 0 Å². The number of carbonyl (C=O) groups excluding carboxylic acids is 1. The lowest BCUT2D eigenvalue weighted by molar-refractivity contribution is 0.0664. The van der Waals surface area contributed by atoms with Gasteiger partial charge in [-0.15, -0.1) is 16.4 Å². The Morgan fingerprint density at radius 3 is 3.00 bits per heavy atom. The fraction of sp³-hybridized carbons (Fsp3) is 0.632. The van der Waals surface area contributed by atoms with Crippen molar-refractivity contribution in [1.82, 2.24) is 19.9 Å². The van der Waals surface area contributed by atoms with Gasteiger partial charge in [-0.3, -0.25) is 9.48 Å². The van der Waals surface area contributed by atoms with Crippen LogP contribution in [0.4, 0.5) is 0 Å². The van der Waals surface area contributed by atoms with Gasteiger partial charge >= 0.3 is 0 Å². The minimum Gasteiger partial charge on any atom is -0.390 e. The third kappa shape index (κ3) is 3.83. The number of likely N-dealkylation sites (tertiary alicyclic amines) is 1. The molecule has 2 aromatic rings. The summed E-state index contributed by atoms with van der Waals surface area (Å²) in [5, 5.41) is 17.1. The molecule has 1 atom stereocenters. The van der Waals surface area contributed by atoms with E-state index in [0.29, 0.717) is 11.6 Å². The predicted molar refractivity (Wildman–Crippen MR) is 100 cm³/mol. The van der Waals surface area contributed by atoms with Gasteiger partial charge in [-0.05, 0) is 56.1 Å². The molecule has 0 spiro atoms. The number of rotatable bonds is 4. The van der Waals surface area contributed by atoms with Crippen molar-refractivity contribution in [3.63, 3.8) is 0 Å². The summed E-state index contributed by atoms with van der Waals surface area (Å²) >= 11 is 1.72. The van der Waals surface area contributed by atoms with E-state index in [1.165, 1.54) is 29.7 Å². The van der Waals surface area contributed by atoms with Crippen LogP contribution in [-0.2, 0) is 26.0 Å². The summed E-state index contributed by atoms with van der Waals surface area (Å²) in [7, 11) is 0. The van der Waals surface area contributed by atoms with Crippen LogP contribution in [0.25, 0.3) is 0 Å². The molecule has 26 heavy (non-hydrogen) atoms. The maximum Gasteiger partial charge on any atom is 0.263 e. The first-order chi connectivity index (χ1) is 12.7. The summed E-state index contributed by atoms with van der Waals surface area (Å²) in [4.78, 5) is 17.4. The van der Waals surface area contributed by atoms with Crippen molar-refractivity contribution in [1.29, 1.82) is 0 Å². The van der Waals surface area contributed by atoms with Crippen molar-refractivity contribution in [2.75, 3.05) is 13.1 Å². The van der Waals surface area contributed by atoms with Gasteiger partial charge in [-0.2, -0.15) is 0 Å². The number of aliphatic hydroxyl groups is 1. The summed E-state index contributed by atoms with van der Waals surface area (Å²) in [5.74, 6) is 0.584. The number of aromatic nitrogens is 3. The average Bonchev–Trinajstić information content (AvgIpc) is 3.23. The lowest BCUT2D eigenvalue weighted by Gasteiger charge is -2.32. The molecule has 0 saturated carbocycles. The Bertz CT molecular complexity index is 746. The van der Waals surface area contributed by atoms with Crippen molar-refractivity contribution in [3.8, 4) is 0 Å². The topological polar surface area (TPSA) is 71.2 Å². The van der Waals surface area contributed by atoms with Crippen LogP contribution >= 0.6 is 11.3 Å². The lowest BCUT2D eigenvalue weighted by atomic mass is 9.98. The first-order valence-electron chi connectivity index (χ1n) is 9.63. The number of nitrogens with zero attached hydrogens (tertiary/aromatic N) is 4. The number of fused-ring (bicyclic) bond motifs is 1. The molecule has 4 rings (SSSR count). The van der Waals surface area contributed by atoms with E-state index in [-0.39, 0.29) is 12.5 Å². The largest absolute Gasteiger partial charge is 0.390 e. The minimum atomic E-state index is -0.0850. The van der Waals surface area contributed by atoms with Crippen LogP contribution in [0.5, 0.6) is 0 Å². The van der Waals surface area contributed by atoms with Gasteiger partial charge in [0.05, 0.1) is 17.7 Å². The normalized spacial score (nSPS) is 20.7. The van der Waals surface area contributed by atoms with Gasteiger partial charge in [0.2, 0.25) is 0 Å². The van der Waals surface area contributed by atoms with E-state index in [2.05, 4.69) is 16.4 Å². The Morgan fingerprint density at radius 2 is 2.15 bits per heavy atom. The Morgan fingerprint density at radius 1 is 1.27 bits per heavy atom. The standard InChI is InChI=1S/C19H26N4O2S/c24-13-16-12-23(21-20-16)11-14-5-4-8-22(10-14)19(25)18-9-15-6-2-1-3-7-17(15)26-18/h9,12,14,24H,1-8,10-11,13H2. The highest BCUT2D eigenvalue weighted by atomic mass is 32.1. The Kier molecular flexibility index (Phi) is 5.36. The second-order valence-corrected chi connectivity index (χ2v) is 8.61. The van der Waals surface area contributed by atoms with Crippen LogP contribution in [0.1, 0.15) is 57.9 Å². The molecule has 1 aliphatic carbocycles. The summed E-state index contributed by atoms with van der Waals surface area (Å²) in [5.41, 5.74) is 2.00. The van der Waals surface area contributed by atoms with E-state index in [1.807, 2.05) is 4.90 Å². The van der Waals surface area contributed by atoms with E-state index in [9.17, 15) is 4.79 Å². The lowest BCUT2D eigenvalue weighted by Crippen LogP contribution is -2.40. The second kappa shape index (κ2) is 7.88. The van der Waals surface area contributed by atoms with Gasteiger partial charge in [-0.25, -0.2) is 0 Å². The molecule has 140 valence electrons. The fourth-order valence-electron chi connectivity index (χ4n) is 4.09. The maximum atomic E-state index is 13.0. The van der Waals surface area contributed by atoms with Crippen LogP contribution < -0.4 is 0 Å². The van der Waals surface area contributed by atoms with Crippen molar-refractivity contribution in [3.05, 3.63) is 33.3 Å². The molecular formula is C19H26N4O2S. The minimum absolute atomic E-state index is 0.0850. The quantitative estimate of drug-likeness (QED) is 0.835. The van der Waals surface area contributed by atoms with Gasteiger partial charge in [0.25, 0.3) is 5.91 Å². The molecule has 1 amide bonds. The maximum absolute atomic E-state index is 13.0. The molecule has 2 aliphatic rings. The Hall–Kier alpha value is -1.73. The second-order valence-electron chi connectivity index (χ2n) is 7.47. The molecule has 3 heterocycles.